The quantitative estimate of drug-likeness (QED) is 0.287. The largest absolute Gasteiger partial charge is 3.00 e. The van der Waals surface area contributed by atoms with Gasteiger partial charge in [-0.05, 0) is 0 Å². The Kier molecular flexibility index (Phi) is 1000. The van der Waals surface area contributed by atoms with E-state index in [0.29, 0.717) is 0 Å². The van der Waals surface area contributed by atoms with Gasteiger partial charge in [0.15, 0.2) is 34.7 Å². The summed E-state index contributed by atoms with van der Waals surface area (Å²) < 4.78 is 0. The van der Waals surface area contributed by atoms with Crippen molar-refractivity contribution in [3.63, 3.8) is 0 Å². The van der Waals surface area contributed by atoms with Gasteiger partial charge in [-0.15, -0.1) is 0 Å². The summed E-state index contributed by atoms with van der Waals surface area (Å²) in [4.78, 5) is 0. The molecule has 0 aromatic heterocycles. The van der Waals surface area contributed by atoms with Gasteiger partial charge in [-0.25, -0.2) is 0 Å². The minimum Gasteiger partial charge on any atom is -2.00 e. The maximum absolute atomic E-state index is 0. The van der Waals surface area contributed by atoms with Crippen LogP contribution in [0.3, 0.4) is 0 Å². The molecule has 0 atom stereocenters. The van der Waals surface area contributed by atoms with E-state index in [1.165, 1.54) is 0 Å². The molecule has 0 saturated heterocycles. The van der Waals surface area contributed by atoms with Gasteiger partial charge in [-0.3, -0.25) is 0 Å². The van der Waals surface area contributed by atoms with Crippen LogP contribution in [0.5, 0.6) is 0 Å². The van der Waals surface area contributed by atoms with Crippen molar-refractivity contribution in [2.24, 2.45) is 0 Å². The summed E-state index contributed by atoms with van der Waals surface area (Å²) in [7, 11) is 0. The van der Waals surface area contributed by atoms with E-state index in [0.717, 1.165) is 0 Å². The van der Waals surface area contributed by atoms with Crippen LogP contribution in [0.1, 0.15) is 0 Å². The zero-order chi connectivity index (χ0) is 0. The standard InChI is InChI=1S/2Al.3O.2Ti.2Y.2Zr.6H/q;;3*-2;;;2*+3;;;;;;;;. The Balaban J connectivity index is 0. The molecule has 0 fully saturated rings. The van der Waals surface area contributed by atoms with Crippen molar-refractivity contribution in [1.29, 1.82) is 0 Å². The minimum atomic E-state index is 0. The summed E-state index contributed by atoms with van der Waals surface area (Å²) in [6.07, 6.45) is 0. The third kappa shape index (κ3) is 83.5. The molecule has 0 aliphatic heterocycles. The molecule has 0 aromatic rings. The van der Waals surface area contributed by atoms with Crippen molar-refractivity contribution in [1.82, 2.24) is 0 Å². The van der Waals surface area contributed by atoms with Crippen LogP contribution >= 0.6 is 0 Å². The molecule has 0 rings (SSSR count). The van der Waals surface area contributed by atoms with Gasteiger partial charge in [0.1, 0.15) is 0 Å². The fraction of sp³-hybridized carbons (Fsp3) is 0. The summed E-state index contributed by atoms with van der Waals surface area (Å²) in [6.45, 7) is 0. The van der Waals surface area contributed by atoms with E-state index in [9.17, 15) is 0 Å². The van der Waals surface area contributed by atoms with Crippen molar-refractivity contribution >= 4 is 34.7 Å². The SMILES string of the molecule is [AlH3].[AlH3].[O-2].[O-2].[O-2].[Ti].[Ti].[Y+3].[Y+3].[Zr].[Zr]. The van der Waals surface area contributed by atoms with Crippen LogP contribution in [0, 0.1) is 0 Å². The second-order valence-corrected chi connectivity index (χ2v) is 0. The number of hydrogen-bond donors (Lipinski definition) is 0. The van der Waals surface area contributed by atoms with Gasteiger partial charge in [0, 0.05) is 95.8 Å². The monoisotopic (exact) mass is 562 g/mol. The molecule has 52 valence electrons. The van der Waals surface area contributed by atoms with E-state index in [1.54, 1.807) is 0 Å². The molecule has 0 bridgehead atoms. The molecule has 3 nitrogen and oxygen atoms in total. The fourth-order valence-electron chi connectivity index (χ4n) is 0. The van der Waals surface area contributed by atoms with Gasteiger partial charge in [0.2, 0.25) is 0 Å². The predicted molar refractivity (Wildman–Crippen MR) is 21.9 cm³/mol. The molecule has 0 aromatic carbocycles. The summed E-state index contributed by atoms with van der Waals surface area (Å²) in [5.41, 5.74) is 0. The Morgan fingerprint density at radius 2 is 0.455 bits per heavy atom. The minimum absolute atomic E-state index is 0. The zero-order valence-corrected chi connectivity index (χ0v) is 18.1. The van der Waals surface area contributed by atoms with E-state index in [2.05, 4.69) is 0 Å². The number of hydrogen-bond acceptors (Lipinski definition) is 0. The first kappa shape index (κ1) is 115. The van der Waals surface area contributed by atoms with Gasteiger partial charge >= 0.3 is 65.4 Å². The second-order valence-electron chi connectivity index (χ2n) is 0. The second kappa shape index (κ2) is 95.6. The van der Waals surface area contributed by atoms with Gasteiger partial charge in [-0.1, -0.05) is 0 Å². The Morgan fingerprint density at radius 1 is 0.455 bits per heavy atom. The first-order valence-electron chi connectivity index (χ1n) is 0. The van der Waals surface area contributed by atoms with Gasteiger partial charge in [0.25, 0.3) is 0 Å². The van der Waals surface area contributed by atoms with Crippen molar-refractivity contribution in [2.75, 3.05) is 0 Å². The zero-order valence-electron chi connectivity index (χ0n) is 4.38. The molecule has 0 spiro atoms. The number of rotatable bonds is 0. The van der Waals surface area contributed by atoms with Crippen LogP contribution in [0.4, 0.5) is 0 Å². The summed E-state index contributed by atoms with van der Waals surface area (Å²) >= 11 is 0. The molecule has 0 amide bonds. The van der Waals surface area contributed by atoms with Crippen molar-refractivity contribution < 1.29 is 178 Å². The molecule has 0 N–H and O–H groups in total. The van der Waals surface area contributed by atoms with Crippen molar-refractivity contribution in [3.05, 3.63) is 0 Å². The normalized spacial score (nSPS) is 0. The van der Waals surface area contributed by atoms with Crippen molar-refractivity contribution in [3.8, 4) is 0 Å². The molecule has 11 heteroatoms. The van der Waals surface area contributed by atoms with Crippen LogP contribution in [-0.4, -0.2) is 34.7 Å². The van der Waals surface area contributed by atoms with E-state index in [-0.39, 0.29) is 212 Å². The average molecular weight is 564 g/mol. The van der Waals surface area contributed by atoms with E-state index >= 15 is 0 Å². The van der Waals surface area contributed by atoms with E-state index < -0.39 is 0 Å². The van der Waals surface area contributed by atoms with Crippen LogP contribution in [0.25, 0.3) is 0 Å². The third-order valence-corrected chi connectivity index (χ3v) is 0. The van der Waals surface area contributed by atoms with Gasteiger partial charge in [-0.2, -0.15) is 0 Å². The maximum Gasteiger partial charge on any atom is 3.00 e. The Labute approximate surface area is 207 Å². The summed E-state index contributed by atoms with van der Waals surface area (Å²) in [6, 6.07) is 0. The molecule has 0 heterocycles. The molecule has 11 heavy (non-hydrogen) atoms. The van der Waals surface area contributed by atoms with Gasteiger partial charge in [0.05, 0.1) is 0 Å². The summed E-state index contributed by atoms with van der Waals surface area (Å²) in [5.74, 6) is 0. The van der Waals surface area contributed by atoms with Gasteiger partial charge < -0.3 is 16.4 Å². The maximum atomic E-state index is 0. The topological polar surface area (TPSA) is 85.5 Å². The predicted octanol–water partition coefficient (Wildman–Crippen LogP) is -2.74. The smallest absolute Gasteiger partial charge is 2.00 e. The van der Waals surface area contributed by atoms with E-state index in [4.69, 9.17) is 0 Å². The van der Waals surface area contributed by atoms with Crippen LogP contribution in [-0.2, 0) is 178 Å². The molecule has 0 saturated carbocycles. The molecule has 0 unspecified atom stereocenters. The summed E-state index contributed by atoms with van der Waals surface area (Å²) in [5, 5.41) is 0. The van der Waals surface area contributed by atoms with E-state index in [1.807, 2.05) is 0 Å². The van der Waals surface area contributed by atoms with Crippen LogP contribution in [0.15, 0.2) is 0 Å². The fourth-order valence-corrected chi connectivity index (χ4v) is 0. The first-order valence-corrected chi connectivity index (χ1v) is 0. The third-order valence-electron chi connectivity index (χ3n) is 0. The van der Waals surface area contributed by atoms with Crippen molar-refractivity contribution in [2.45, 2.75) is 0 Å². The first-order chi connectivity index (χ1) is 0. The average Bonchev–Trinajstić information content (AvgIpc) is 0. The molecule has 0 aliphatic carbocycles. The van der Waals surface area contributed by atoms with Crippen LogP contribution < -0.4 is 0 Å². The Hall–Kier alpha value is 6.35. The molecule has 0 radical (unpaired) electrons. The molecular weight excluding hydrogens is 558 g/mol. The molecule has 0 aliphatic rings. The molecular formula is H6Al2O3Ti2Y2Zr2. The Morgan fingerprint density at radius 3 is 0.455 bits per heavy atom. The Bertz CT molecular complexity index is 25.3. The van der Waals surface area contributed by atoms with Crippen LogP contribution in [0.2, 0.25) is 0 Å².